The van der Waals surface area contributed by atoms with Crippen molar-refractivity contribution in [2.75, 3.05) is 25.6 Å². The van der Waals surface area contributed by atoms with Crippen LogP contribution in [0.3, 0.4) is 0 Å². The summed E-state index contributed by atoms with van der Waals surface area (Å²) in [5.74, 6) is -0.483. The zero-order valence-corrected chi connectivity index (χ0v) is 18.2. The van der Waals surface area contributed by atoms with Gasteiger partial charge in [-0.25, -0.2) is 0 Å². The molecule has 176 valence electrons. The number of rotatable bonds is 7. The molecule has 1 heterocycles. The van der Waals surface area contributed by atoms with Gasteiger partial charge >= 0.3 is 6.18 Å². The first kappa shape index (κ1) is 23.3. The lowest BCUT2D eigenvalue weighted by atomic mass is 10.1. The lowest BCUT2D eigenvalue weighted by molar-refractivity contribution is -0.137. The number of nitrogens with one attached hydrogen (secondary N) is 1. The Hall–Kier alpha value is -3.85. The van der Waals surface area contributed by atoms with Crippen LogP contribution in [0.1, 0.15) is 5.56 Å². The minimum absolute atomic E-state index is 0.0908. The fourth-order valence-electron chi connectivity index (χ4n) is 3.75. The van der Waals surface area contributed by atoms with E-state index in [1.165, 1.54) is 7.11 Å². The van der Waals surface area contributed by atoms with Gasteiger partial charge in [-0.05, 0) is 42.5 Å². The van der Waals surface area contributed by atoms with Gasteiger partial charge in [0.1, 0.15) is 18.9 Å². The van der Waals surface area contributed by atoms with Crippen LogP contribution in [0.5, 0.6) is 5.75 Å². The van der Waals surface area contributed by atoms with Crippen LogP contribution in [-0.2, 0) is 22.3 Å². The third-order valence-electron chi connectivity index (χ3n) is 5.31. The number of hydrogen-bond acceptors (Lipinski definition) is 4. The van der Waals surface area contributed by atoms with Crippen molar-refractivity contribution in [2.24, 2.45) is 0 Å². The van der Waals surface area contributed by atoms with Gasteiger partial charge < -0.3 is 19.4 Å². The molecule has 0 radical (unpaired) electrons. The molecule has 6 nitrogen and oxygen atoms in total. The third-order valence-corrected chi connectivity index (χ3v) is 5.31. The number of hydrogen-bond donors (Lipinski definition) is 1. The van der Waals surface area contributed by atoms with Gasteiger partial charge in [0.05, 0.1) is 28.9 Å². The number of fused-ring (bicyclic) bond motifs is 2. The van der Waals surface area contributed by atoms with Crippen LogP contribution in [0, 0.1) is 0 Å². The monoisotopic (exact) mass is 470 g/mol. The van der Waals surface area contributed by atoms with Crippen molar-refractivity contribution in [3.63, 3.8) is 0 Å². The first-order chi connectivity index (χ1) is 16.3. The summed E-state index contributed by atoms with van der Waals surface area (Å²) >= 11 is 0. The molecular formula is C25H21F3N2O4. The lowest BCUT2D eigenvalue weighted by Crippen LogP contribution is -2.22. The molecule has 9 heteroatoms. The minimum atomic E-state index is -4.59. The van der Waals surface area contributed by atoms with Crippen molar-refractivity contribution >= 4 is 33.4 Å². The van der Waals surface area contributed by atoms with E-state index in [1.807, 2.05) is 0 Å². The molecule has 1 N–H and O–H groups in total. The molecule has 0 spiro atoms. The van der Waals surface area contributed by atoms with E-state index in [2.05, 4.69) is 5.32 Å². The van der Waals surface area contributed by atoms with Gasteiger partial charge in [-0.2, -0.15) is 13.2 Å². The number of alkyl halides is 3. The third kappa shape index (κ3) is 4.74. The summed E-state index contributed by atoms with van der Waals surface area (Å²) in [6, 6.07) is 16.6. The number of methoxy groups -OCH3 is 1. The molecular weight excluding hydrogens is 449 g/mol. The van der Waals surface area contributed by atoms with Crippen molar-refractivity contribution in [1.29, 1.82) is 0 Å². The molecule has 4 rings (SSSR count). The van der Waals surface area contributed by atoms with Gasteiger partial charge in [0, 0.05) is 17.9 Å². The van der Waals surface area contributed by atoms with Crippen molar-refractivity contribution in [3.05, 3.63) is 82.5 Å². The number of para-hydroxylation sites is 2. The summed E-state index contributed by atoms with van der Waals surface area (Å²) in [5.41, 5.74) is -0.0924. The summed E-state index contributed by atoms with van der Waals surface area (Å²) in [6.07, 6.45) is -4.59. The topological polar surface area (TPSA) is 69.6 Å². The number of aromatic nitrogens is 1. The molecule has 1 aromatic heterocycles. The molecule has 0 unspecified atom stereocenters. The second-order valence-electron chi connectivity index (χ2n) is 7.55. The molecule has 0 aliphatic rings. The van der Waals surface area contributed by atoms with Crippen LogP contribution < -0.4 is 15.5 Å². The zero-order valence-electron chi connectivity index (χ0n) is 18.2. The number of pyridine rings is 1. The number of carbonyl (C=O) groups is 1. The summed E-state index contributed by atoms with van der Waals surface area (Å²) in [7, 11) is 1.47. The molecule has 0 bridgehead atoms. The second kappa shape index (κ2) is 9.56. The average molecular weight is 470 g/mol. The highest BCUT2D eigenvalue weighted by Gasteiger charge is 2.31. The average Bonchev–Trinajstić information content (AvgIpc) is 2.82. The van der Waals surface area contributed by atoms with Crippen LogP contribution in [0.25, 0.3) is 21.8 Å². The van der Waals surface area contributed by atoms with Crippen LogP contribution >= 0.6 is 0 Å². The molecule has 4 aromatic rings. The van der Waals surface area contributed by atoms with Crippen LogP contribution in [0.2, 0.25) is 0 Å². The SMILES string of the molecule is COCCOc1ccc(C(F)(F)F)cc1NC(=O)Cn1c2ccccc2c(=O)c2ccccc21. The summed E-state index contributed by atoms with van der Waals surface area (Å²) in [5, 5.41) is 3.42. The Morgan fingerprint density at radius 2 is 1.56 bits per heavy atom. The van der Waals surface area contributed by atoms with E-state index < -0.39 is 17.6 Å². The molecule has 3 aromatic carbocycles. The van der Waals surface area contributed by atoms with Gasteiger partial charge in [0.2, 0.25) is 5.91 Å². The Balaban J connectivity index is 1.72. The highest BCUT2D eigenvalue weighted by Crippen LogP contribution is 2.35. The highest BCUT2D eigenvalue weighted by atomic mass is 19.4. The Morgan fingerprint density at radius 3 is 2.15 bits per heavy atom. The quantitative estimate of drug-likeness (QED) is 0.310. The maximum atomic E-state index is 13.3. The van der Waals surface area contributed by atoms with E-state index in [1.54, 1.807) is 53.1 Å². The fourth-order valence-corrected chi connectivity index (χ4v) is 3.75. The zero-order chi connectivity index (χ0) is 24.3. The van der Waals surface area contributed by atoms with E-state index in [0.717, 1.165) is 18.2 Å². The summed E-state index contributed by atoms with van der Waals surface area (Å²) in [4.78, 5) is 25.9. The largest absolute Gasteiger partial charge is 0.489 e. The van der Waals surface area contributed by atoms with E-state index in [0.29, 0.717) is 21.8 Å². The molecule has 0 saturated carbocycles. The van der Waals surface area contributed by atoms with Crippen molar-refractivity contribution in [3.8, 4) is 5.75 Å². The molecule has 0 saturated heterocycles. The maximum absolute atomic E-state index is 13.3. The predicted octanol–water partition coefficient (Wildman–Crippen LogP) is 4.84. The first-order valence-corrected chi connectivity index (χ1v) is 10.4. The molecule has 1 amide bonds. The van der Waals surface area contributed by atoms with Crippen molar-refractivity contribution in [1.82, 2.24) is 4.57 Å². The van der Waals surface area contributed by atoms with Crippen LogP contribution in [0.4, 0.5) is 18.9 Å². The van der Waals surface area contributed by atoms with Gasteiger partial charge in [-0.15, -0.1) is 0 Å². The van der Waals surface area contributed by atoms with Gasteiger partial charge in [0.15, 0.2) is 5.43 Å². The molecule has 0 atom stereocenters. The molecule has 0 aliphatic carbocycles. The number of nitrogens with zero attached hydrogens (tertiary/aromatic N) is 1. The fraction of sp³-hybridized carbons (Fsp3) is 0.200. The summed E-state index contributed by atoms with van der Waals surface area (Å²) in [6.45, 7) is 0.0958. The second-order valence-corrected chi connectivity index (χ2v) is 7.55. The lowest BCUT2D eigenvalue weighted by Gasteiger charge is -2.17. The standard InChI is InChI=1S/C25H21F3N2O4/c1-33-12-13-34-22-11-10-16(25(26,27)28)14-19(22)29-23(31)15-30-20-8-4-2-6-17(20)24(32)18-7-3-5-9-21(18)30/h2-11,14H,12-13,15H2,1H3,(H,29,31). The van der Waals surface area contributed by atoms with Crippen molar-refractivity contribution in [2.45, 2.75) is 12.7 Å². The summed E-state index contributed by atoms with van der Waals surface area (Å²) < 4.78 is 51.9. The molecule has 34 heavy (non-hydrogen) atoms. The smallest absolute Gasteiger partial charge is 0.416 e. The molecule has 0 aliphatic heterocycles. The van der Waals surface area contributed by atoms with Crippen LogP contribution in [0.15, 0.2) is 71.5 Å². The molecule has 0 fully saturated rings. The number of amides is 1. The van der Waals surface area contributed by atoms with Gasteiger partial charge in [0.25, 0.3) is 0 Å². The van der Waals surface area contributed by atoms with Crippen LogP contribution in [-0.4, -0.2) is 30.8 Å². The Kier molecular flexibility index (Phi) is 6.56. The predicted molar refractivity (Wildman–Crippen MR) is 123 cm³/mol. The number of ether oxygens (including phenoxy) is 2. The highest BCUT2D eigenvalue weighted by molar-refractivity contribution is 5.97. The van der Waals surface area contributed by atoms with Gasteiger partial charge in [-0.3, -0.25) is 9.59 Å². The first-order valence-electron chi connectivity index (χ1n) is 10.4. The van der Waals surface area contributed by atoms with Gasteiger partial charge in [-0.1, -0.05) is 24.3 Å². The van der Waals surface area contributed by atoms with E-state index >= 15 is 0 Å². The number of anilines is 1. The Bertz CT molecular complexity index is 1350. The minimum Gasteiger partial charge on any atom is -0.489 e. The number of halogens is 3. The van der Waals surface area contributed by atoms with E-state index in [9.17, 15) is 22.8 Å². The van der Waals surface area contributed by atoms with Crippen molar-refractivity contribution < 1.29 is 27.4 Å². The Labute approximate surface area is 192 Å². The maximum Gasteiger partial charge on any atom is 0.416 e. The number of carbonyl (C=O) groups excluding carboxylic acids is 1. The normalized spacial score (nSPS) is 11.6. The number of benzene rings is 3. The van der Waals surface area contributed by atoms with E-state index in [-0.39, 0.29) is 36.6 Å². The Morgan fingerprint density at radius 1 is 0.941 bits per heavy atom. The van der Waals surface area contributed by atoms with E-state index in [4.69, 9.17) is 9.47 Å².